The van der Waals surface area contributed by atoms with Crippen molar-refractivity contribution in [3.05, 3.63) is 23.7 Å². The van der Waals surface area contributed by atoms with Crippen LogP contribution in [0.15, 0.2) is 16.7 Å². The van der Waals surface area contributed by atoms with E-state index in [9.17, 15) is 4.79 Å². The van der Waals surface area contributed by atoms with Crippen LogP contribution in [0.1, 0.15) is 30.6 Å². The van der Waals surface area contributed by atoms with Crippen molar-refractivity contribution in [3.63, 3.8) is 0 Å². The maximum absolute atomic E-state index is 11.9. The summed E-state index contributed by atoms with van der Waals surface area (Å²) >= 11 is 0. The van der Waals surface area contributed by atoms with Gasteiger partial charge < -0.3 is 15.1 Å². The van der Waals surface area contributed by atoms with E-state index in [4.69, 9.17) is 10.2 Å². The van der Waals surface area contributed by atoms with Crippen molar-refractivity contribution in [1.29, 1.82) is 0 Å². The summed E-state index contributed by atoms with van der Waals surface area (Å²) in [6.45, 7) is 2.50. The third-order valence-corrected chi connectivity index (χ3v) is 3.44. The Bertz CT molecular complexity index is 396. The molecular formula is C13H20N2O2. The number of furan rings is 1. The van der Waals surface area contributed by atoms with E-state index in [0.29, 0.717) is 18.9 Å². The van der Waals surface area contributed by atoms with Crippen molar-refractivity contribution in [1.82, 2.24) is 4.90 Å². The zero-order valence-corrected chi connectivity index (χ0v) is 10.5. The Morgan fingerprint density at radius 1 is 1.65 bits per heavy atom. The van der Waals surface area contributed by atoms with Gasteiger partial charge in [0.2, 0.25) is 5.91 Å². The van der Waals surface area contributed by atoms with E-state index in [2.05, 4.69) is 0 Å². The minimum Gasteiger partial charge on any atom is -0.469 e. The van der Waals surface area contributed by atoms with Gasteiger partial charge in [0.05, 0.1) is 6.26 Å². The minimum absolute atomic E-state index is 0.0374. The largest absolute Gasteiger partial charge is 0.469 e. The van der Waals surface area contributed by atoms with Crippen LogP contribution in [0.4, 0.5) is 0 Å². The molecule has 94 valence electrons. The molecule has 1 atom stereocenters. The molecule has 0 saturated heterocycles. The van der Waals surface area contributed by atoms with Crippen molar-refractivity contribution in [2.45, 2.75) is 38.8 Å². The fourth-order valence-corrected chi connectivity index (χ4v) is 1.97. The van der Waals surface area contributed by atoms with Crippen LogP contribution in [0, 0.1) is 12.8 Å². The lowest BCUT2D eigenvalue weighted by atomic mass is 10.1. The fraction of sp³-hybridized carbons (Fsp3) is 0.615. The number of amides is 1. The SMILES string of the molecule is Cc1occc1CN(C)C(=O)CC(N)C1CC1. The van der Waals surface area contributed by atoms with E-state index in [0.717, 1.165) is 11.3 Å². The number of carbonyl (C=O) groups is 1. The molecule has 4 heteroatoms. The molecule has 17 heavy (non-hydrogen) atoms. The van der Waals surface area contributed by atoms with Crippen LogP contribution in [-0.4, -0.2) is 23.9 Å². The van der Waals surface area contributed by atoms with Crippen LogP contribution in [0.5, 0.6) is 0 Å². The van der Waals surface area contributed by atoms with E-state index in [1.165, 1.54) is 12.8 Å². The van der Waals surface area contributed by atoms with Crippen LogP contribution < -0.4 is 5.73 Å². The number of carbonyl (C=O) groups excluding carboxylic acids is 1. The average Bonchev–Trinajstić information content (AvgIpc) is 3.05. The number of hydrogen-bond donors (Lipinski definition) is 1. The van der Waals surface area contributed by atoms with Gasteiger partial charge in [-0.05, 0) is 31.7 Å². The third kappa shape index (κ3) is 3.09. The van der Waals surface area contributed by atoms with Crippen molar-refractivity contribution in [2.75, 3.05) is 7.05 Å². The smallest absolute Gasteiger partial charge is 0.224 e. The average molecular weight is 236 g/mol. The highest BCUT2D eigenvalue weighted by atomic mass is 16.3. The lowest BCUT2D eigenvalue weighted by Gasteiger charge is -2.19. The molecule has 1 aliphatic carbocycles. The van der Waals surface area contributed by atoms with Gasteiger partial charge in [0.25, 0.3) is 0 Å². The van der Waals surface area contributed by atoms with Gasteiger partial charge in [-0.25, -0.2) is 0 Å². The molecule has 1 aromatic heterocycles. The monoisotopic (exact) mass is 236 g/mol. The Morgan fingerprint density at radius 2 is 2.35 bits per heavy atom. The maximum Gasteiger partial charge on any atom is 0.224 e. The first-order chi connectivity index (χ1) is 8.08. The van der Waals surface area contributed by atoms with Gasteiger partial charge in [-0.2, -0.15) is 0 Å². The molecule has 0 bridgehead atoms. The molecule has 1 aliphatic rings. The molecule has 2 rings (SSSR count). The molecule has 4 nitrogen and oxygen atoms in total. The van der Waals surface area contributed by atoms with Crippen molar-refractivity contribution < 1.29 is 9.21 Å². The summed E-state index contributed by atoms with van der Waals surface area (Å²) in [7, 11) is 1.81. The third-order valence-electron chi connectivity index (χ3n) is 3.44. The van der Waals surface area contributed by atoms with Crippen LogP contribution in [0.25, 0.3) is 0 Å². The minimum atomic E-state index is 0.0374. The molecule has 1 saturated carbocycles. The Balaban J connectivity index is 1.84. The van der Waals surface area contributed by atoms with Gasteiger partial charge >= 0.3 is 0 Å². The van der Waals surface area contributed by atoms with E-state index in [1.54, 1.807) is 11.2 Å². The predicted molar refractivity (Wildman–Crippen MR) is 65.2 cm³/mol. The van der Waals surface area contributed by atoms with E-state index in [-0.39, 0.29) is 11.9 Å². The zero-order chi connectivity index (χ0) is 12.4. The Labute approximate surface area is 102 Å². The normalized spacial score (nSPS) is 16.9. The van der Waals surface area contributed by atoms with Crippen molar-refractivity contribution >= 4 is 5.91 Å². The first kappa shape index (κ1) is 12.2. The summed E-state index contributed by atoms with van der Waals surface area (Å²) in [6, 6.07) is 1.94. The fourth-order valence-electron chi connectivity index (χ4n) is 1.97. The summed E-state index contributed by atoms with van der Waals surface area (Å²) in [4.78, 5) is 13.7. The molecule has 1 aromatic rings. The summed E-state index contributed by atoms with van der Waals surface area (Å²) in [6.07, 6.45) is 4.47. The van der Waals surface area contributed by atoms with Crippen LogP contribution in [0.3, 0.4) is 0 Å². The van der Waals surface area contributed by atoms with Gasteiger partial charge in [-0.15, -0.1) is 0 Å². The van der Waals surface area contributed by atoms with E-state index in [1.807, 2.05) is 20.0 Å². The number of nitrogens with zero attached hydrogens (tertiary/aromatic N) is 1. The second-order valence-corrected chi connectivity index (χ2v) is 4.96. The first-order valence-corrected chi connectivity index (χ1v) is 6.10. The van der Waals surface area contributed by atoms with Crippen LogP contribution in [0.2, 0.25) is 0 Å². The van der Waals surface area contributed by atoms with Crippen molar-refractivity contribution in [3.8, 4) is 0 Å². The zero-order valence-electron chi connectivity index (χ0n) is 10.5. The second kappa shape index (κ2) is 4.92. The molecule has 1 amide bonds. The van der Waals surface area contributed by atoms with E-state index >= 15 is 0 Å². The highest BCUT2D eigenvalue weighted by Crippen LogP contribution is 2.33. The maximum atomic E-state index is 11.9. The van der Waals surface area contributed by atoms with Crippen LogP contribution in [-0.2, 0) is 11.3 Å². The summed E-state index contributed by atoms with van der Waals surface area (Å²) in [5.74, 6) is 1.56. The number of nitrogens with two attached hydrogens (primary N) is 1. The Kier molecular flexibility index (Phi) is 3.52. The van der Waals surface area contributed by atoms with Crippen molar-refractivity contribution in [2.24, 2.45) is 11.7 Å². The molecule has 1 fully saturated rings. The lowest BCUT2D eigenvalue weighted by molar-refractivity contribution is -0.130. The highest BCUT2D eigenvalue weighted by molar-refractivity contribution is 5.76. The number of aryl methyl sites for hydroxylation is 1. The van der Waals surface area contributed by atoms with Gasteiger partial charge in [-0.1, -0.05) is 0 Å². The molecule has 0 radical (unpaired) electrons. The van der Waals surface area contributed by atoms with E-state index < -0.39 is 0 Å². The highest BCUT2D eigenvalue weighted by Gasteiger charge is 2.30. The predicted octanol–water partition coefficient (Wildman–Crippen LogP) is 1.67. The quantitative estimate of drug-likeness (QED) is 0.846. The van der Waals surface area contributed by atoms with Gasteiger partial charge in [0.15, 0.2) is 0 Å². The number of rotatable bonds is 5. The van der Waals surface area contributed by atoms with Crippen LogP contribution >= 0.6 is 0 Å². The summed E-state index contributed by atoms with van der Waals surface area (Å²) in [5.41, 5.74) is 7.01. The standard InChI is InChI=1S/C13H20N2O2/c1-9-11(5-6-17-9)8-15(2)13(16)7-12(14)10-3-4-10/h5-6,10,12H,3-4,7-8,14H2,1-2H3. The number of hydrogen-bond acceptors (Lipinski definition) is 3. The Hall–Kier alpha value is -1.29. The molecule has 2 N–H and O–H groups in total. The molecule has 0 aliphatic heterocycles. The molecule has 0 aromatic carbocycles. The van der Waals surface area contributed by atoms with Gasteiger partial charge in [0.1, 0.15) is 5.76 Å². The lowest BCUT2D eigenvalue weighted by Crippen LogP contribution is -2.34. The topological polar surface area (TPSA) is 59.5 Å². The second-order valence-electron chi connectivity index (χ2n) is 4.96. The molecule has 1 unspecified atom stereocenters. The summed E-state index contributed by atoms with van der Waals surface area (Å²) < 4.78 is 5.21. The Morgan fingerprint density at radius 3 is 2.88 bits per heavy atom. The molecule has 1 heterocycles. The first-order valence-electron chi connectivity index (χ1n) is 6.10. The van der Waals surface area contributed by atoms with Gasteiger partial charge in [-0.3, -0.25) is 4.79 Å². The molecule has 0 spiro atoms. The molecular weight excluding hydrogens is 216 g/mol. The van der Waals surface area contributed by atoms with Gasteiger partial charge in [0, 0.05) is 31.6 Å². The summed E-state index contributed by atoms with van der Waals surface area (Å²) in [5, 5.41) is 0.